The second kappa shape index (κ2) is 5.18. The van der Waals surface area contributed by atoms with Crippen LogP contribution in [0, 0.1) is 19.7 Å². The van der Waals surface area contributed by atoms with E-state index in [0.29, 0.717) is 11.8 Å². The number of nitrogens with zero attached hydrogens (tertiary/aromatic N) is 1. The number of carbonyl (C=O) groups is 1. The zero-order valence-corrected chi connectivity index (χ0v) is 11.8. The Labute approximate surface area is 122 Å². The largest absolute Gasteiger partial charge is 0.418 e. The van der Waals surface area contributed by atoms with Crippen LogP contribution in [0.2, 0.25) is 0 Å². The van der Waals surface area contributed by atoms with E-state index >= 15 is 0 Å². The standard InChI is InChI=1S/C14H10ClF4NO/c1-7-5-10(13(15)21)8(2)20(7)12-4-3-9(16)6-11(12)14(17,18)19/h3-6H,1-2H3. The summed E-state index contributed by atoms with van der Waals surface area (Å²) in [6.45, 7) is 3.02. The Morgan fingerprint density at radius 2 is 1.81 bits per heavy atom. The molecule has 0 saturated heterocycles. The van der Waals surface area contributed by atoms with Gasteiger partial charge in [-0.05, 0) is 49.7 Å². The lowest BCUT2D eigenvalue weighted by Gasteiger charge is -2.17. The highest BCUT2D eigenvalue weighted by molar-refractivity contribution is 6.67. The molecule has 0 spiro atoms. The smallest absolute Gasteiger partial charge is 0.317 e. The number of benzene rings is 1. The summed E-state index contributed by atoms with van der Waals surface area (Å²) in [6, 6.07) is 3.79. The van der Waals surface area contributed by atoms with E-state index < -0.39 is 22.8 Å². The summed E-state index contributed by atoms with van der Waals surface area (Å²) in [5.41, 5.74) is -0.578. The summed E-state index contributed by atoms with van der Waals surface area (Å²) in [5.74, 6) is -0.984. The van der Waals surface area contributed by atoms with Crippen LogP contribution in [0.1, 0.15) is 27.3 Å². The molecule has 0 fully saturated rings. The van der Waals surface area contributed by atoms with E-state index in [9.17, 15) is 22.4 Å². The van der Waals surface area contributed by atoms with Crippen LogP contribution < -0.4 is 0 Å². The number of carbonyl (C=O) groups excluding carboxylic acids is 1. The average Bonchev–Trinajstić information content (AvgIpc) is 2.64. The number of rotatable bonds is 2. The maximum atomic E-state index is 13.1. The summed E-state index contributed by atoms with van der Waals surface area (Å²) in [6.07, 6.45) is -4.72. The minimum atomic E-state index is -4.72. The molecule has 0 bridgehead atoms. The molecule has 1 aromatic heterocycles. The van der Waals surface area contributed by atoms with Gasteiger partial charge in [0.25, 0.3) is 5.24 Å². The molecular weight excluding hydrogens is 310 g/mol. The van der Waals surface area contributed by atoms with Crippen molar-refractivity contribution in [1.29, 1.82) is 0 Å². The van der Waals surface area contributed by atoms with Gasteiger partial charge in [0.05, 0.1) is 16.8 Å². The fraction of sp³-hybridized carbons (Fsp3) is 0.214. The molecule has 0 amide bonds. The van der Waals surface area contributed by atoms with Crippen LogP contribution in [0.3, 0.4) is 0 Å². The van der Waals surface area contributed by atoms with Crippen LogP contribution in [-0.2, 0) is 6.18 Å². The van der Waals surface area contributed by atoms with Gasteiger partial charge in [-0.25, -0.2) is 4.39 Å². The van der Waals surface area contributed by atoms with E-state index in [4.69, 9.17) is 11.6 Å². The summed E-state index contributed by atoms with van der Waals surface area (Å²) in [5, 5.41) is -0.759. The van der Waals surface area contributed by atoms with Crippen molar-refractivity contribution >= 4 is 16.8 Å². The van der Waals surface area contributed by atoms with Crippen molar-refractivity contribution in [3.8, 4) is 5.69 Å². The molecule has 2 aromatic rings. The zero-order valence-electron chi connectivity index (χ0n) is 11.1. The van der Waals surface area contributed by atoms with Crippen molar-refractivity contribution in [1.82, 2.24) is 4.57 Å². The van der Waals surface area contributed by atoms with Gasteiger partial charge < -0.3 is 4.57 Å². The molecule has 1 aromatic carbocycles. The molecule has 7 heteroatoms. The van der Waals surface area contributed by atoms with Crippen LogP contribution in [0.15, 0.2) is 24.3 Å². The maximum Gasteiger partial charge on any atom is 0.418 e. The predicted molar refractivity (Wildman–Crippen MR) is 70.4 cm³/mol. The first-order valence-corrected chi connectivity index (χ1v) is 6.26. The lowest BCUT2D eigenvalue weighted by molar-refractivity contribution is -0.137. The van der Waals surface area contributed by atoms with Gasteiger partial charge in [0.1, 0.15) is 5.82 Å². The minimum Gasteiger partial charge on any atom is -0.317 e. The van der Waals surface area contributed by atoms with Gasteiger partial charge >= 0.3 is 6.18 Å². The van der Waals surface area contributed by atoms with Gasteiger partial charge in [0.15, 0.2) is 0 Å². The summed E-state index contributed by atoms with van der Waals surface area (Å²) >= 11 is 5.40. The van der Waals surface area contributed by atoms with Gasteiger partial charge in [0, 0.05) is 11.4 Å². The highest BCUT2D eigenvalue weighted by atomic mass is 35.5. The Morgan fingerprint density at radius 3 is 2.29 bits per heavy atom. The minimum absolute atomic E-state index is 0.117. The van der Waals surface area contributed by atoms with Gasteiger partial charge in [-0.2, -0.15) is 13.2 Å². The fourth-order valence-corrected chi connectivity index (χ4v) is 2.45. The topological polar surface area (TPSA) is 22.0 Å². The number of aryl methyl sites for hydroxylation is 1. The summed E-state index contributed by atoms with van der Waals surface area (Å²) in [4.78, 5) is 11.3. The highest BCUT2D eigenvalue weighted by Gasteiger charge is 2.35. The molecule has 2 nitrogen and oxygen atoms in total. The van der Waals surface area contributed by atoms with Crippen molar-refractivity contribution in [2.45, 2.75) is 20.0 Å². The molecule has 112 valence electrons. The van der Waals surface area contributed by atoms with Crippen LogP contribution >= 0.6 is 11.6 Å². The normalized spacial score (nSPS) is 11.8. The Bertz CT molecular complexity index is 718. The Kier molecular flexibility index (Phi) is 3.84. The first kappa shape index (κ1) is 15.6. The Morgan fingerprint density at radius 1 is 1.19 bits per heavy atom. The third-order valence-corrected chi connectivity index (χ3v) is 3.35. The number of aromatic nitrogens is 1. The molecule has 21 heavy (non-hydrogen) atoms. The molecule has 0 radical (unpaired) electrons. The Hall–Kier alpha value is -1.82. The molecule has 0 aliphatic rings. The van der Waals surface area contributed by atoms with E-state index in [1.807, 2.05) is 0 Å². The molecule has 0 unspecified atom stereocenters. The molecule has 2 rings (SSSR count). The van der Waals surface area contributed by atoms with Crippen molar-refractivity contribution in [2.75, 3.05) is 0 Å². The van der Waals surface area contributed by atoms with Gasteiger partial charge in [-0.3, -0.25) is 4.79 Å². The maximum absolute atomic E-state index is 13.1. The second-order valence-electron chi connectivity index (χ2n) is 4.55. The third kappa shape index (κ3) is 2.81. The zero-order chi connectivity index (χ0) is 15.9. The lowest BCUT2D eigenvalue weighted by Crippen LogP contribution is -2.13. The molecule has 0 N–H and O–H groups in total. The van der Waals surface area contributed by atoms with Crippen molar-refractivity contribution in [3.05, 3.63) is 52.6 Å². The fourth-order valence-electron chi connectivity index (χ4n) is 2.26. The van der Waals surface area contributed by atoms with E-state index in [2.05, 4.69) is 0 Å². The lowest BCUT2D eigenvalue weighted by atomic mass is 10.1. The van der Waals surface area contributed by atoms with Crippen LogP contribution in [0.4, 0.5) is 17.6 Å². The van der Waals surface area contributed by atoms with E-state index in [-0.39, 0.29) is 16.9 Å². The average molecular weight is 320 g/mol. The Balaban J connectivity index is 2.77. The van der Waals surface area contributed by atoms with E-state index in [0.717, 1.165) is 12.1 Å². The summed E-state index contributed by atoms with van der Waals surface area (Å²) < 4.78 is 53.6. The number of halogens is 5. The van der Waals surface area contributed by atoms with Gasteiger partial charge in [0.2, 0.25) is 0 Å². The van der Waals surface area contributed by atoms with Gasteiger partial charge in [-0.1, -0.05) is 0 Å². The number of alkyl halides is 3. The molecule has 0 atom stereocenters. The molecule has 0 saturated carbocycles. The quantitative estimate of drug-likeness (QED) is 0.584. The van der Waals surface area contributed by atoms with Crippen molar-refractivity contribution < 1.29 is 22.4 Å². The van der Waals surface area contributed by atoms with Crippen LogP contribution in [0.25, 0.3) is 5.69 Å². The second-order valence-corrected chi connectivity index (χ2v) is 4.90. The molecule has 0 aliphatic carbocycles. The highest BCUT2D eigenvalue weighted by Crippen LogP contribution is 2.36. The monoisotopic (exact) mass is 319 g/mol. The first-order chi connectivity index (χ1) is 9.62. The first-order valence-electron chi connectivity index (χ1n) is 5.89. The van der Waals surface area contributed by atoms with Gasteiger partial charge in [-0.15, -0.1) is 0 Å². The number of hydrogen-bond acceptors (Lipinski definition) is 1. The van der Waals surface area contributed by atoms with E-state index in [1.165, 1.54) is 17.6 Å². The molecule has 1 heterocycles. The molecular formula is C14H10ClF4NO. The van der Waals surface area contributed by atoms with Crippen molar-refractivity contribution in [3.63, 3.8) is 0 Å². The van der Waals surface area contributed by atoms with Crippen LogP contribution in [-0.4, -0.2) is 9.81 Å². The number of hydrogen-bond donors (Lipinski definition) is 0. The summed E-state index contributed by atoms with van der Waals surface area (Å²) in [7, 11) is 0. The molecule has 0 aliphatic heterocycles. The SMILES string of the molecule is Cc1cc(C(=O)Cl)c(C)n1-c1ccc(F)cc1C(F)(F)F. The van der Waals surface area contributed by atoms with Crippen molar-refractivity contribution in [2.24, 2.45) is 0 Å². The predicted octanol–water partition coefficient (Wildman–Crippen LogP) is 4.63. The van der Waals surface area contributed by atoms with E-state index in [1.54, 1.807) is 6.92 Å². The van der Waals surface area contributed by atoms with Crippen LogP contribution in [0.5, 0.6) is 0 Å². The third-order valence-electron chi connectivity index (χ3n) is 3.15.